The van der Waals surface area contributed by atoms with Gasteiger partial charge in [-0.05, 0) is 12.1 Å². The van der Waals surface area contributed by atoms with Crippen LogP contribution in [0, 0.1) is 17.1 Å². The molecule has 64 valence electrons. The molecule has 0 bridgehead atoms. The number of rotatable bonds is 0. The monoisotopic (exact) mass is 177 g/mol. The van der Waals surface area contributed by atoms with Crippen molar-refractivity contribution in [1.82, 2.24) is 0 Å². The predicted molar refractivity (Wildman–Crippen MR) is 40.2 cm³/mol. The first-order valence-electron chi connectivity index (χ1n) is 3.62. The first kappa shape index (κ1) is 7.74. The summed E-state index contributed by atoms with van der Waals surface area (Å²) in [6.07, 6.45) is 0. The molecule has 3 nitrogen and oxygen atoms in total. The Labute approximate surface area is 73.4 Å². The number of nitrogens with zero attached hydrogens (tertiary/aromatic N) is 1. The molecule has 1 aromatic rings. The van der Waals surface area contributed by atoms with E-state index in [0.717, 1.165) is 6.07 Å². The van der Waals surface area contributed by atoms with Crippen LogP contribution in [-0.2, 0) is 11.3 Å². The summed E-state index contributed by atoms with van der Waals surface area (Å²) >= 11 is 0. The molecule has 0 spiro atoms. The van der Waals surface area contributed by atoms with Crippen molar-refractivity contribution in [3.63, 3.8) is 0 Å². The molecule has 0 aliphatic carbocycles. The first-order chi connectivity index (χ1) is 6.22. The van der Waals surface area contributed by atoms with E-state index < -0.39 is 11.8 Å². The number of halogens is 1. The highest BCUT2D eigenvalue weighted by Crippen LogP contribution is 2.22. The summed E-state index contributed by atoms with van der Waals surface area (Å²) in [6, 6.07) is 4.09. The Bertz CT molecular complexity index is 434. The van der Waals surface area contributed by atoms with Crippen LogP contribution in [0.1, 0.15) is 21.5 Å². The number of nitriles is 1. The van der Waals surface area contributed by atoms with Gasteiger partial charge >= 0.3 is 5.97 Å². The molecule has 0 fully saturated rings. The lowest BCUT2D eigenvalue weighted by molar-refractivity contribution is 0.0535. The van der Waals surface area contributed by atoms with Crippen molar-refractivity contribution < 1.29 is 13.9 Å². The van der Waals surface area contributed by atoms with Crippen LogP contribution >= 0.6 is 0 Å². The Hall–Kier alpha value is -1.89. The fourth-order valence-corrected chi connectivity index (χ4v) is 1.23. The third-order valence-electron chi connectivity index (χ3n) is 1.89. The molecule has 0 saturated carbocycles. The normalized spacial score (nSPS) is 13.4. The van der Waals surface area contributed by atoms with Crippen LogP contribution in [0.25, 0.3) is 0 Å². The molecule has 0 unspecified atom stereocenters. The quantitative estimate of drug-likeness (QED) is 0.562. The lowest BCUT2D eigenvalue weighted by Gasteiger charge is -1.95. The zero-order valence-electron chi connectivity index (χ0n) is 6.50. The van der Waals surface area contributed by atoms with Crippen LogP contribution in [0.3, 0.4) is 0 Å². The SMILES string of the molecule is N#Cc1cc2c(cc1F)C(=O)OC2. The standard InChI is InChI=1S/C9H4FNO2/c10-8-2-7-6(1-5(8)3-11)4-13-9(7)12/h1-2H,4H2. The number of cyclic esters (lactones) is 1. The smallest absolute Gasteiger partial charge is 0.338 e. The maximum Gasteiger partial charge on any atom is 0.338 e. The van der Waals surface area contributed by atoms with Crippen LogP contribution in [0.15, 0.2) is 12.1 Å². The summed E-state index contributed by atoms with van der Waals surface area (Å²) in [5.74, 6) is -1.21. The number of carbonyl (C=O) groups is 1. The summed E-state index contributed by atoms with van der Waals surface area (Å²) in [5, 5.41) is 8.50. The molecular formula is C9H4FNO2. The van der Waals surface area contributed by atoms with Gasteiger partial charge in [-0.25, -0.2) is 9.18 Å². The maximum atomic E-state index is 13.0. The summed E-state index contributed by atoms with van der Waals surface area (Å²) in [6.45, 7) is 0.128. The Kier molecular flexibility index (Phi) is 1.52. The van der Waals surface area contributed by atoms with E-state index in [-0.39, 0.29) is 17.7 Å². The average molecular weight is 177 g/mol. The molecule has 0 saturated heterocycles. The number of ether oxygens (including phenoxy) is 1. The van der Waals surface area contributed by atoms with Gasteiger partial charge < -0.3 is 4.74 Å². The second-order valence-electron chi connectivity index (χ2n) is 2.68. The highest BCUT2D eigenvalue weighted by atomic mass is 19.1. The van der Waals surface area contributed by atoms with Gasteiger partial charge in [0.1, 0.15) is 18.5 Å². The summed E-state index contributed by atoms with van der Waals surface area (Å²) in [7, 11) is 0. The highest BCUT2D eigenvalue weighted by Gasteiger charge is 2.23. The van der Waals surface area contributed by atoms with Gasteiger partial charge in [-0.3, -0.25) is 0 Å². The zero-order chi connectivity index (χ0) is 9.42. The van der Waals surface area contributed by atoms with Gasteiger partial charge in [0.15, 0.2) is 0 Å². The topological polar surface area (TPSA) is 50.1 Å². The summed E-state index contributed by atoms with van der Waals surface area (Å²) < 4.78 is 17.7. The molecule has 0 atom stereocenters. The van der Waals surface area contributed by atoms with E-state index in [1.165, 1.54) is 6.07 Å². The van der Waals surface area contributed by atoms with E-state index in [1.54, 1.807) is 6.07 Å². The van der Waals surface area contributed by atoms with Crippen LogP contribution in [0.2, 0.25) is 0 Å². The van der Waals surface area contributed by atoms with Gasteiger partial charge in [-0.15, -0.1) is 0 Å². The van der Waals surface area contributed by atoms with Crippen molar-refractivity contribution in [3.05, 3.63) is 34.6 Å². The number of benzene rings is 1. The Morgan fingerprint density at radius 3 is 3.00 bits per heavy atom. The second kappa shape index (κ2) is 2.56. The van der Waals surface area contributed by atoms with Gasteiger partial charge in [-0.2, -0.15) is 5.26 Å². The molecule has 1 heterocycles. The van der Waals surface area contributed by atoms with Gasteiger partial charge in [0.05, 0.1) is 11.1 Å². The number of hydrogen-bond donors (Lipinski definition) is 0. The first-order valence-corrected chi connectivity index (χ1v) is 3.62. The maximum absolute atomic E-state index is 13.0. The van der Waals surface area contributed by atoms with E-state index in [4.69, 9.17) is 5.26 Å². The van der Waals surface area contributed by atoms with Crippen LogP contribution < -0.4 is 0 Å². The molecular weight excluding hydrogens is 173 g/mol. The second-order valence-corrected chi connectivity index (χ2v) is 2.68. The lowest BCUT2D eigenvalue weighted by atomic mass is 10.1. The third kappa shape index (κ3) is 1.05. The fourth-order valence-electron chi connectivity index (χ4n) is 1.23. The van der Waals surface area contributed by atoms with Crippen molar-refractivity contribution in [3.8, 4) is 6.07 Å². The molecule has 1 aliphatic rings. The highest BCUT2D eigenvalue weighted by molar-refractivity contribution is 5.93. The number of esters is 1. The van der Waals surface area contributed by atoms with Crippen LogP contribution in [0.5, 0.6) is 0 Å². The van der Waals surface area contributed by atoms with Crippen LogP contribution in [-0.4, -0.2) is 5.97 Å². The number of carbonyl (C=O) groups excluding carboxylic acids is 1. The van der Waals surface area contributed by atoms with E-state index in [9.17, 15) is 9.18 Å². The molecule has 13 heavy (non-hydrogen) atoms. The molecule has 1 aliphatic heterocycles. The van der Waals surface area contributed by atoms with Gasteiger partial charge in [0.25, 0.3) is 0 Å². The minimum absolute atomic E-state index is 0.0583. The Morgan fingerprint density at radius 1 is 1.54 bits per heavy atom. The lowest BCUT2D eigenvalue weighted by Crippen LogP contribution is -1.95. The fraction of sp³-hybridized carbons (Fsp3) is 0.111. The summed E-state index contributed by atoms with van der Waals surface area (Å²) in [4.78, 5) is 10.9. The van der Waals surface area contributed by atoms with Gasteiger partial charge in [0.2, 0.25) is 0 Å². The third-order valence-corrected chi connectivity index (χ3v) is 1.89. The number of hydrogen-bond acceptors (Lipinski definition) is 3. The molecule has 1 aromatic carbocycles. The van der Waals surface area contributed by atoms with Crippen molar-refractivity contribution in [2.45, 2.75) is 6.61 Å². The van der Waals surface area contributed by atoms with Gasteiger partial charge in [-0.1, -0.05) is 0 Å². The molecule has 0 amide bonds. The molecule has 0 radical (unpaired) electrons. The van der Waals surface area contributed by atoms with E-state index in [2.05, 4.69) is 4.74 Å². The Morgan fingerprint density at radius 2 is 2.31 bits per heavy atom. The van der Waals surface area contributed by atoms with Crippen molar-refractivity contribution >= 4 is 5.97 Å². The van der Waals surface area contributed by atoms with Crippen molar-refractivity contribution in [1.29, 1.82) is 5.26 Å². The van der Waals surface area contributed by atoms with Gasteiger partial charge in [0, 0.05) is 5.56 Å². The average Bonchev–Trinajstić information content (AvgIpc) is 2.47. The largest absolute Gasteiger partial charge is 0.457 e. The number of fused-ring (bicyclic) bond motifs is 1. The van der Waals surface area contributed by atoms with Crippen molar-refractivity contribution in [2.24, 2.45) is 0 Å². The van der Waals surface area contributed by atoms with E-state index in [1.807, 2.05) is 0 Å². The minimum atomic E-state index is -0.680. The predicted octanol–water partition coefficient (Wildman–Crippen LogP) is 1.37. The Balaban J connectivity index is 2.65. The molecule has 4 heteroatoms. The molecule has 0 aromatic heterocycles. The minimum Gasteiger partial charge on any atom is -0.457 e. The summed E-state index contributed by atoms with van der Waals surface area (Å²) in [5.41, 5.74) is 0.733. The molecule has 0 N–H and O–H groups in total. The molecule has 2 rings (SSSR count). The van der Waals surface area contributed by atoms with E-state index >= 15 is 0 Å². The van der Waals surface area contributed by atoms with Crippen molar-refractivity contribution in [2.75, 3.05) is 0 Å². The van der Waals surface area contributed by atoms with Crippen LogP contribution in [0.4, 0.5) is 4.39 Å². The van der Waals surface area contributed by atoms with E-state index in [0.29, 0.717) is 5.56 Å². The zero-order valence-corrected chi connectivity index (χ0v) is 6.50.